The van der Waals surface area contributed by atoms with Crippen LogP contribution in [0.3, 0.4) is 0 Å². The summed E-state index contributed by atoms with van der Waals surface area (Å²) in [7, 11) is 0. The summed E-state index contributed by atoms with van der Waals surface area (Å²) in [5.74, 6) is 0. The van der Waals surface area contributed by atoms with Crippen LogP contribution in [0.15, 0.2) is 259 Å². The first-order valence-corrected chi connectivity index (χ1v) is 23.9. The van der Waals surface area contributed by atoms with E-state index in [1.54, 1.807) is 0 Å². The van der Waals surface area contributed by atoms with Crippen LogP contribution in [0.4, 0.5) is 34.1 Å². The van der Waals surface area contributed by atoms with Crippen molar-refractivity contribution in [2.24, 2.45) is 0 Å². The van der Waals surface area contributed by atoms with Crippen LogP contribution in [-0.2, 0) is 0 Å². The number of fused-ring (bicyclic) bond motifs is 7. The molecule has 0 amide bonds. The van der Waals surface area contributed by atoms with Crippen LogP contribution in [0.1, 0.15) is 0 Å². The number of thiophene rings is 1. The Morgan fingerprint density at radius 3 is 1.46 bits per heavy atom. The maximum absolute atomic E-state index is 6.60. The molecule has 0 aliphatic carbocycles. The van der Waals surface area contributed by atoms with Gasteiger partial charge in [-0.25, -0.2) is 0 Å². The van der Waals surface area contributed by atoms with E-state index in [2.05, 4.69) is 259 Å². The summed E-state index contributed by atoms with van der Waals surface area (Å²) < 4.78 is 9.09. The lowest BCUT2D eigenvalue weighted by atomic mass is 9.94. The van der Waals surface area contributed by atoms with Gasteiger partial charge in [0.25, 0.3) is 0 Å². The molecule has 0 aliphatic rings. The lowest BCUT2D eigenvalue weighted by Crippen LogP contribution is -2.15. The number of anilines is 6. The summed E-state index contributed by atoms with van der Waals surface area (Å²) in [5, 5.41) is 7.02. The van der Waals surface area contributed by atoms with Crippen molar-refractivity contribution in [3.63, 3.8) is 0 Å². The van der Waals surface area contributed by atoms with E-state index in [1.165, 1.54) is 36.7 Å². The van der Waals surface area contributed by atoms with E-state index >= 15 is 0 Å². The molecular weight excluding hydrogens is 845 g/mol. The average Bonchev–Trinajstić information content (AvgIpc) is 4.00. The molecular formula is C64H42N2OS. The molecule has 13 aromatic rings. The summed E-state index contributed by atoms with van der Waals surface area (Å²) in [5.41, 5.74) is 15.1. The Balaban J connectivity index is 1.10. The van der Waals surface area contributed by atoms with Crippen molar-refractivity contribution in [1.82, 2.24) is 0 Å². The maximum Gasteiger partial charge on any atom is 0.137 e. The molecule has 0 atom stereocenters. The van der Waals surface area contributed by atoms with Crippen molar-refractivity contribution in [1.29, 1.82) is 0 Å². The van der Waals surface area contributed by atoms with Crippen molar-refractivity contribution < 1.29 is 4.42 Å². The number of nitrogens with zero attached hydrogens (tertiary/aromatic N) is 2. The topological polar surface area (TPSA) is 19.6 Å². The molecule has 0 fully saturated rings. The first kappa shape index (κ1) is 39.6. The van der Waals surface area contributed by atoms with Crippen LogP contribution < -0.4 is 9.80 Å². The molecule has 0 unspecified atom stereocenters. The Morgan fingerprint density at radius 2 is 0.735 bits per heavy atom. The normalized spacial score (nSPS) is 11.5. The Morgan fingerprint density at radius 1 is 0.265 bits per heavy atom. The molecule has 2 heterocycles. The highest BCUT2D eigenvalue weighted by molar-refractivity contribution is 7.26. The largest absolute Gasteiger partial charge is 0.456 e. The minimum absolute atomic E-state index is 0.851. The summed E-state index contributed by atoms with van der Waals surface area (Å²) in [6.07, 6.45) is 0. The third-order valence-electron chi connectivity index (χ3n) is 13.3. The van der Waals surface area contributed by atoms with Gasteiger partial charge in [0.15, 0.2) is 0 Å². The lowest BCUT2D eigenvalue weighted by molar-refractivity contribution is 0.669. The summed E-state index contributed by atoms with van der Waals surface area (Å²) >= 11 is 1.85. The van der Waals surface area contributed by atoms with Gasteiger partial charge in [0.2, 0.25) is 0 Å². The fourth-order valence-corrected chi connectivity index (χ4v) is 11.5. The van der Waals surface area contributed by atoms with Crippen LogP contribution in [0.2, 0.25) is 0 Å². The van der Waals surface area contributed by atoms with Crippen LogP contribution >= 0.6 is 11.3 Å². The summed E-state index contributed by atoms with van der Waals surface area (Å²) in [6, 6.07) is 92.0. The van der Waals surface area contributed by atoms with Gasteiger partial charge in [-0.1, -0.05) is 200 Å². The van der Waals surface area contributed by atoms with E-state index in [-0.39, 0.29) is 0 Å². The Bertz CT molecular complexity index is 4000. The second-order valence-electron chi connectivity index (χ2n) is 17.1. The van der Waals surface area contributed by atoms with Crippen molar-refractivity contribution in [3.05, 3.63) is 255 Å². The molecule has 4 heteroatoms. The number of hydrogen-bond acceptors (Lipinski definition) is 4. The highest BCUT2D eigenvalue weighted by Gasteiger charge is 2.28. The molecule has 0 spiro atoms. The number of hydrogen-bond donors (Lipinski definition) is 0. The third-order valence-corrected chi connectivity index (χ3v) is 14.5. The molecule has 0 aliphatic heterocycles. The van der Waals surface area contributed by atoms with Gasteiger partial charge < -0.3 is 14.2 Å². The van der Waals surface area contributed by atoms with Crippen molar-refractivity contribution >= 4 is 98.3 Å². The molecule has 0 bridgehead atoms. The highest BCUT2D eigenvalue weighted by atomic mass is 32.1. The van der Waals surface area contributed by atoms with E-state index in [0.717, 1.165) is 83.7 Å². The summed E-state index contributed by atoms with van der Waals surface area (Å²) in [4.78, 5) is 4.98. The van der Waals surface area contributed by atoms with Gasteiger partial charge in [0, 0.05) is 42.9 Å². The third kappa shape index (κ3) is 6.57. The van der Waals surface area contributed by atoms with Gasteiger partial charge in [0.05, 0.1) is 44.2 Å². The molecule has 0 saturated carbocycles. The van der Waals surface area contributed by atoms with E-state index in [4.69, 9.17) is 4.42 Å². The van der Waals surface area contributed by atoms with Crippen LogP contribution in [0, 0.1) is 0 Å². The average molecular weight is 887 g/mol. The first-order valence-electron chi connectivity index (χ1n) is 23.1. The highest BCUT2D eigenvalue weighted by Crippen LogP contribution is 2.53. The molecule has 0 N–H and O–H groups in total. The van der Waals surface area contributed by atoms with E-state index < -0.39 is 0 Å². The number of rotatable bonds is 9. The number of furan rings is 1. The van der Waals surface area contributed by atoms with E-state index in [0.29, 0.717) is 0 Å². The Hall–Kier alpha value is -8.70. The zero-order valence-corrected chi connectivity index (χ0v) is 37.8. The van der Waals surface area contributed by atoms with Gasteiger partial charge in [-0.2, -0.15) is 0 Å². The Kier molecular flexibility index (Phi) is 9.69. The van der Waals surface area contributed by atoms with Crippen molar-refractivity contribution in [2.45, 2.75) is 0 Å². The lowest BCUT2D eigenvalue weighted by Gasteiger charge is -2.33. The quantitative estimate of drug-likeness (QED) is 0.144. The predicted octanol–water partition coefficient (Wildman–Crippen LogP) is 19.0. The fraction of sp³-hybridized carbons (Fsp3) is 0. The fourth-order valence-electron chi connectivity index (χ4n) is 10.3. The molecule has 13 rings (SSSR count). The van der Waals surface area contributed by atoms with E-state index in [9.17, 15) is 0 Å². The number of para-hydroxylation sites is 4. The van der Waals surface area contributed by atoms with Crippen LogP contribution in [0.25, 0.3) is 86.3 Å². The van der Waals surface area contributed by atoms with Gasteiger partial charge >= 0.3 is 0 Å². The zero-order chi connectivity index (χ0) is 45.0. The monoisotopic (exact) mass is 886 g/mol. The van der Waals surface area contributed by atoms with E-state index in [1.807, 2.05) is 17.4 Å². The second-order valence-corrected chi connectivity index (χ2v) is 18.2. The standard InChI is InChI=1S/C64H42N2OS/c1-3-21-43(22-4-1)45-41-42-57(48-27-8-7-26-47(45)48)65(54-33-14-9-25-46(54)44-23-5-2-6-24-44)55-34-15-10-28-49(55)50-29-11-16-35-56(50)66(58-36-20-39-61-63(58)53-31-12-17-38-60(53)67-61)59-37-19-32-52-51-30-13-18-40-62(51)68-64(52)59/h1-42H. The minimum atomic E-state index is 0.851. The number of benzene rings is 11. The maximum atomic E-state index is 6.60. The smallest absolute Gasteiger partial charge is 0.137 e. The van der Waals surface area contributed by atoms with Crippen molar-refractivity contribution in [2.75, 3.05) is 9.80 Å². The van der Waals surface area contributed by atoms with Crippen molar-refractivity contribution in [3.8, 4) is 33.4 Å². The second kappa shape index (κ2) is 16.6. The molecule has 0 radical (unpaired) electrons. The molecule has 0 saturated heterocycles. The Labute approximate surface area is 398 Å². The van der Waals surface area contributed by atoms with Gasteiger partial charge in [0.1, 0.15) is 11.2 Å². The molecule has 3 nitrogen and oxygen atoms in total. The predicted molar refractivity (Wildman–Crippen MR) is 290 cm³/mol. The van der Waals surface area contributed by atoms with Gasteiger partial charge in [-0.15, -0.1) is 11.3 Å². The zero-order valence-electron chi connectivity index (χ0n) is 37.0. The molecule has 68 heavy (non-hydrogen) atoms. The first-order chi connectivity index (χ1) is 33.8. The van der Waals surface area contributed by atoms with Crippen LogP contribution in [-0.4, -0.2) is 0 Å². The summed E-state index contributed by atoms with van der Waals surface area (Å²) in [6.45, 7) is 0. The molecule has 320 valence electrons. The van der Waals surface area contributed by atoms with Gasteiger partial charge in [-0.3, -0.25) is 0 Å². The molecule has 11 aromatic carbocycles. The van der Waals surface area contributed by atoms with Crippen LogP contribution in [0.5, 0.6) is 0 Å². The minimum Gasteiger partial charge on any atom is -0.456 e. The SMILES string of the molecule is c1ccc(-c2ccccc2N(c2ccccc2-c2ccccc2N(c2cccc3c2sc2ccccc23)c2cccc3oc4ccccc4c23)c2ccc(-c3ccccc3)c3ccccc23)cc1. The van der Waals surface area contributed by atoms with Gasteiger partial charge in [-0.05, 0) is 76.7 Å². The molecule has 2 aromatic heterocycles.